The minimum Gasteiger partial charge on any atom is -0.397 e. The van der Waals surface area contributed by atoms with Gasteiger partial charge in [0.1, 0.15) is 5.69 Å². The van der Waals surface area contributed by atoms with Crippen LogP contribution in [0.3, 0.4) is 0 Å². The van der Waals surface area contributed by atoms with Gasteiger partial charge in [-0.2, -0.15) is 0 Å². The summed E-state index contributed by atoms with van der Waals surface area (Å²) in [7, 11) is 0. The van der Waals surface area contributed by atoms with Crippen LogP contribution in [0, 0.1) is 0 Å². The van der Waals surface area contributed by atoms with Gasteiger partial charge in [-0.25, -0.2) is 0 Å². The summed E-state index contributed by atoms with van der Waals surface area (Å²) in [6.07, 6.45) is 6.21. The van der Waals surface area contributed by atoms with Crippen molar-refractivity contribution in [3.05, 3.63) is 53.9 Å². The molecule has 4 rings (SSSR count). The van der Waals surface area contributed by atoms with Crippen LogP contribution in [0.4, 0.5) is 11.4 Å². The number of hydrogen-bond donors (Lipinski definition) is 3. The lowest BCUT2D eigenvalue weighted by atomic mass is 10.0. The molecule has 28 heavy (non-hydrogen) atoms. The van der Waals surface area contributed by atoms with Crippen molar-refractivity contribution in [3.63, 3.8) is 0 Å². The Morgan fingerprint density at radius 3 is 2.71 bits per heavy atom. The summed E-state index contributed by atoms with van der Waals surface area (Å²) in [6.45, 7) is 2.05. The molecule has 2 amide bonds. The zero-order chi connectivity index (χ0) is 19.5. The van der Waals surface area contributed by atoms with Crippen LogP contribution in [-0.2, 0) is 0 Å². The summed E-state index contributed by atoms with van der Waals surface area (Å²) in [5.74, 6) is -0.505. The largest absolute Gasteiger partial charge is 0.397 e. The van der Waals surface area contributed by atoms with Crippen molar-refractivity contribution in [2.24, 2.45) is 0 Å². The second kappa shape index (κ2) is 7.98. The molecule has 1 aromatic carbocycles. The Hall–Kier alpha value is -2.93. The molecule has 2 aliphatic heterocycles. The molecule has 2 aliphatic rings. The SMILES string of the molecule is Nc1ccccc1NC(=O)c1ccc(C(=O)NC2CC3CCCCN3C2)cn1. The number of rotatable bonds is 4. The number of para-hydroxylation sites is 2. The average Bonchev–Trinajstić information content (AvgIpc) is 3.12. The fourth-order valence-electron chi connectivity index (χ4n) is 4.09. The van der Waals surface area contributed by atoms with Gasteiger partial charge in [0.2, 0.25) is 0 Å². The van der Waals surface area contributed by atoms with E-state index in [4.69, 9.17) is 5.73 Å². The minimum absolute atomic E-state index is 0.142. The van der Waals surface area contributed by atoms with E-state index >= 15 is 0 Å². The Labute approximate surface area is 164 Å². The zero-order valence-corrected chi connectivity index (χ0v) is 15.7. The summed E-state index contributed by atoms with van der Waals surface area (Å²) < 4.78 is 0. The number of hydrogen-bond acceptors (Lipinski definition) is 5. The molecule has 2 unspecified atom stereocenters. The van der Waals surface area contributed by atoms with E-state index in [0.29, 0.717) is 23.0 Å². The number of amides is 2. The zero-order valence-electron chi connectivity index (χ0n) is 15.7. The highest BCUT2D eigenvalue weighted by molar-refractivity contribution is 6.05. The molecule has 0 spiro atoms. The van der Waals surface area contributed by atoms with Crippen LogP contribution in [0.25, 0.3) is 0 Å². The molecule has 7 heteroatoms. The number of nitrogens with one attached hydrogen (secondary N) is 2. The smallest absolute Gasteiger partial charge is 0.274 e. The Kier molecular flexibility index (Phi) is 5.25. The molecule has 0 radical (unpaired) electrons. The number of carbonyl (C=O) groups excluding carboxylic acids is 2. The number of nitrogens with two attached hydrogens (primary N) is 1. The number of benzene rings is 1. The highest BCUT2D eigenvalue weighted by atomic mass is 16.2. The van der Waals surface area contributed by atoms with Gasteiger partial charge in [-0.3, -0.25) is 19.5 Å². The second-order valence-electron chi connectivity index (χ2n) is 7.52. The molecule has 2 aromatic rings. The average molecular weight is 379 g/mol. The Balaban J connectivity index is 1.35. The molecule has 0 bridgehead atoms. The molecule has 1 aromatic heterocycles. The molecule has 4 N–H and O–H groups in total. The van der Waals surface area contributed by atoms with Gasteiger partial charge in [0.05, 0.1) is 16.9 Å². The van der Waals surface area contributed by atoms with Gasteiger partial charge in [0, 0.05) is 24.8 Å². The third kappa shape index (κ3) is 3.99. The van der Waals surface area contributed by atoms with Crippen LogP contribution in [0.5, 0.6) is 0 Å². The number of carbonyl (C=O) groups is 2. The van der Waals surface area contributed by atoms with Crippen molar-refractivity contribution in [1.82, 2.24) is 15.2 Å². The van der Waals surface area contributed by atoms with E-state index in [-0.39, 0.29) is 23.6 Å². The summed E-state index contributed by atoms with van der Waals surface area (Å²) in [5, 5.41) is 5.84. The third-order valence-electron chi connectivity index (χ3n) is 5.56. The highest BCUT2D eigenvalue weighted by Gasteiger charge is 2.34. The maximum atomic E-state index is 12.5. The molecule has 2 atom stereocenters. The first-order chi connectivity index (χ1) is 13.6. The molecule has 7 nitrogen and oxygen atoms in total. The van der Waals surface area contributed by atoms with Gasteiger partial charge in [-0.15, -0.1) is 0 Å². The number of aromatic nitrogens is 1. The van der Waals surface area contributed by atoms with E-state index in [1.54, 1.807) is 36.4 Å². The fourth-order valence-corrected chi connectivity index (χ4v) is 4.09. The van der Waals surface area contributed by atoms with Crippen LogP contribution < -0.4 is 16.4 Å². The molecular formula is C21H25N5O2. The van der Waals surface area contributed by atoms with E-state index in [9.17, 15) is 9.59 Å². The molecule has 3 heterocycles. The van der Waals surface area contributed by atoms with Crippen molar-refractivity contribution in [3.8, 4) is 0 Å². The second-order valence-corrected chi connectivity index (χ2v) is 7.52. The van der Waals surface area contributed by atoms with Gasteiger partial charge >= 0.3 is 0 Å². The molecule has 2 fully saturated rings. The van der Waals surface area contributed by atoms with Crippen LogP contribution in [0.2, 0.25) is 0 Å². The van der Waals surface area contributed by atoms with E-state index < -0.39 is 0 Å². The molecule has 0 aliphatic carbocycles. The third-order valence-corrected chi connectivity index (χ3v) is 5.56. The number of nitrogen functional groups attached to an aromatic ring is 1. The quantitative estimate of drug-likeness (QED) is 0.708. The van der Waals surface area contributed by atoms with Crippen LogP contribution in [-0.4, -0.2) is 46.9 Å². The van der Waals surface area contributed by atoms with Gasteiger partial charge in [-0.1, -0.05) is 18.6 Å². The molecular weight excluding hydrogens is 354 g/mol. The lowest BCUT2D eigenvalue weighted by Crippen LogP contribution is -2.38. The number of nitrogens with zero attached hydrogens (tertiary/aromatic N) is 2. The first-order valence-corrected chi connectivity index (χ1v) is 9.77. The fraction of sp³-hybridized carbons (Fsp3) is 0.381. The van der Waals surface area contributed by atoms with Gasteiger partial charge in [0.25, 0.3) is 11.8 Å². The first kappa shape index (κ1) is 18.4. The standard InChI is InChI=1S/C21H25N5O2/c22-17-6-1-2-7-18(17)25-21(28)19-9-8-14(12-23-19)20(27)24-15-11-16-5-3-4-10-26(16)13-15/h1-2,6-9,12,15-16H,3-5,10-11,13,22H2,(H,24,27)(H,25,28). The van der Waals surface area contributed by atoms with Crippen molar-refractivity contribution in [2.45, 2.75) is 37.8 Å². The molecule has 0 saturated carbocycles. The molecule has 2 saturated heterocycles. The van der Waals surface area contributed by atoms with E-state index in [1.807, 2.05) is 0 Å². The normalized spacial score (nSPS) is 21.7. The number of piperidine rings is 1. The Morgan fingerprint density at radius 1 is 1.11 bits per heavy atom. The summed E-state index contributed by atoms with van der Waals surface area (Å²) in [5.41, 5.74) is 7.56. The highest BCUT2D eigenvalue weighted by Crippen LogP contribution is 2.27. The lowest BCUT2D eigenvalue weighted by molar-refractivity contribution is 0.0935. The van der Waals surface area contributed by atoms with Crippen molar-refractivity contribution < 1.29 is 9.59 Å². The Morgan fingerprint density at radius 2 is 1.96 bits per heavy atom. The van der Waals surface area contributed by atoms with Crippen LogP contribution >= 0.6 is 0 Å². The van der Waals surface area contributed by atoms with Crippen LogP contribution in [0.1, 0.15) is 46.5 Å². The van der Waals surface area contributed by atoms with Crippen molar-refractivity contribution in [2.75, 3.05) is 24.1 Å². The van der Waals surface area contributed by atoms with Gasteiger partial charge < -0.3 is 16.4 Å². The number of anilines is 2. The topological polar surface area (TPSA) is 100 Å². The molecule has 146 valence electrons. The summed E-state index contributed by atoms with van der Waals surface area (Å²) in [4.78, 5) is 31.5. The van der Waals surface area contributed by atoms with E-state index in [0.717, 1.165) is 19.5 Å². The maximum absolute atomic E-state index is 12.5. The van der Waals surface area contributed by atoms with Gasteiger partial charge in [0.15, 0.2) is 0 Å². The predicted molar refractivity (Wildman–Crippen MR) is 108 cm³/mol. The monoisotopic (exact) mass is 379 g/mol. The summed E-state index contributed by atoms with van der Waals surface area (Å²) >= 11 is 0. The Bertz CT molecular complexity index is 853. The lowest BCUT2D eigenvalue weighted by Gasteiger charge is -2.28. The summed E-state index contributed by atoms with van der Waals surface area (Å²) in [6, 6.07) is 11.0. The van der Waals surface area contributed by atoms with Crippen molar-refractivity contribution in [1.29, 1.82) is 0 Å². The van der Waals surface area contributed by atoms with Crippen molar-refractivity contribution >= 4 is 23.2 Å². The number of pyridine rings is 1. The van der Waals surface area contributed by atoms with Crippen LogP contribution in [0.15, 0.2) is 42.6 Å². The van der Waals surface area contributed by atoms with Gasteiger partial charge in [-0.05, 0) is 50.1 Å². The minimum atomic E-state index is -0.363. The number of fused-ring (bicyclic) bond motifs is 1. The predicted octanol–water partition coefficient (Wildman–Crippen LogP) is 2.27. The maximum Gasteiger partial charge on any atom is 0.274 e. The van der Waals surface area contributed by atoms with E-state index in [2.05, 4.69) is 20.5 Å². The van der Waals surface area contributed by atoms with E-state index in [1.165, 1.54) is 25.5 Å². The first-order valence-electron chi connectivity index (χ1n) is 9.77.